The zero-order chi connectivity index (χ0) is 17.9. The highest BCUT2D eigenvalue weighted by Crippen LogP contribution is 2.15. The summed E-state index contributed by atoms with van der Waals surface area (Å²) in [5.41, 5.74) is 2.03. The molecule has 5 nitrogen and oxygen atoms in total. The van der Waals surface area contributed by atoms with Crippen LogP contribution >= 0.6 is 0 Å². The van der Waals surface area contributed by atoms with Crippen molar-refractivity contribution in [2.75, 3.05) is 13.7 Å². The Morgan fingerprint density at radius 2 is 2.00 bits per heavy atom. The highest BCUT2D eigenvalue weighted by molar-refractivity contribution is 5.80. The van der Waals surface area contributed by atoms with E-state index < -0.39 is 6.09 Å². The first kappa shape index (κ1) is 18.1. The molecule has 0 saturated carbocycles. The summed E-state index contributed by atoms with van der Waals surface area (Å²) in [4.78, 5) is 22.6. The molecule has 0 saturated heterocycles. The molecule has 25 heavy (non-hydrogen) atoms. The van der Waals surface area contributed by atoms with Crippen molar-refractivity contribution in [2.24, 2.45) is 0 Å². The van der Waals surface area contributed by atoms with E-state index >= 15 is 0 Å². The van der Waals surface area contributed by atoms with Gasteiger partial charge in [-0.15, -0.1) is 0 Å². The first-order valence-electron chi connectivity index (χ1n) is 7.79. The summed E-state index contributed by atoms with van der Waals surface area (Å²) in [6.07, 6.45) is 0.708. The summed E-state index contributed by atoms with van der Waals surface area (Å²) < 4.78 is 10.2. The fourth-order valence-electron chi connectivity index (χ4n) is 2.03. The molecule has 0 bridgehead atoms. The SMILES string of the molecule is COc1ccc(C=O)c(C#CCCNC(=O)OCc2ccccc2)c1. The average molecular weight is 337 g/mol. The highest BCUT2D eigenvalue weighted by atomic mass is 16.5. The molecule has 0 atom stereocenters. The third-order valence-electron chi connectivity index (χ3n) is 3.34. The van der Waals surface area contributed by atoms with Crippen LogP contribution in [0, 0.1) is 11.8 Å². The number of hydrogen-bond acceptors (Lipinski definition) is 4. The second kappa shape index (κ2) is 9.78. The van der Waals surface area contributed by atoms with E-state index in [-0.39, 0.29) is 6.61 Å². The molecule has 128 valence electrons. The summed E-state index contributed by atoms with van der Waals surface area (Å²) in [6, 6.07) is 14.5. The quantitative estimate of drug-likeness (QED) is 0.499. The lowest BCUT2D eigenvalue weighted by molar-refractivity contribution is 0.112. The van der Waals surface area contributed by atoms with Gasteiger partial charge in [-0.2, -0.15) is 0 Å². The molecule has 0 unspecified atom stereocenters. The topological polar surface area (TPSA) is 64.6 Å². The van der Waals surface area contributed by atoms with Crippen LogP contribution in [0.3, 0.4) is 0 Å². The highest BCUT2D eigenvalue weighted by Gasteiger charge is 2.02. The molecule has 0 fully saturated rings. The van der Waals surface area contributed by atoms with E-state index in [1.54, 1.807) is 25.3 Å². The minimum Gasteiger partial charge on any atom is -0.497 e. The largest absolute Gasteiger partial charge is 0.497 e. The molecule has 2 aromatic rings. The average Bonchev–Trinajstić information content (AvgIpc) is 2.66. The minimum atomic E-state index is -0.486. The van der Waals surface area contributed by atoms with E-state index in [1.165, 1.54) is 0 Å². The lowest BCUT2D eigenvalue weighted by Crippen LogP contribution is -2.24. The predicted molar refractivity (Wildman–Crippen MR) is 94.5 cm³/mol. The van der Waals surface area contributed by atoms with Crippen LogP contribution in [0.5, 0.6) is 5.75 Å². The number of nitrogens with one attached hydrogen (secondary N) is 1. The molecule has 2 rings (SSSR count). The normalized spacial score (nSPS) is 9.48. The van der Waals surface area contributed by atoms with E-state index in [1.807, 2.05) is 30.3 Å². The number of hydrogen-bond donors (Lipinski definition) is 1. The fourth-order valence-corrected chi connectivity index (χ4v) is 2.03. The van der Waals surface area contributed by atoms with Gasteiger partial charge in [0.05, 0.1) is 7.11 Å². The summed E-state index contributed by atoms with van der Waals surface area (Å²) in [6.45, 7) is 0.589. The van der Waals surface area contributed by atoms with Crippen LogP contribution in [0.25, 0.3) is 0 Å². The van der Waals surface area contributed by atoms with Crippen molar-refractivity contribution < 1.29 is 19.1 Å². The van der Waals surface area contributed by atoms with Crippen LogP contribution in [0.1, 0.15) is 27.9 Å². The number of methoxy groups -OCH3 is 1. The summed E-state index contributed by atoms with van der Waals surface area (Å²) in [5, 5.41) is 2.63. The van der Waals surface area contributed by atoms with Crippen molar-refractivity contribution in [1.29, 1.82) is 0 Å². The third-order valence-corrected chi connectivity index (χ3v) is 3.34. The van der Waals surface area contributed by atoms with E-state index in [0.29, 0.717) is 29.8 Å². The molecule has 0 aliphatic carbocycles. The zero-order valence-electron chi connectivity index (χ0n) is 14.0. The van der Waals surface area contributed by atoms with Crippen molar-refractivity contribution >= 4 is 12.4 Å². The van der Waals surface area contributed by atoms with Crippen LogP contribution in [-0.4, -0.2) is 26.0 Å². The maximum atomic E-state index is 11.6. The Kier molecular flexibility index (Phi) is 7.08. The van der Waals surface area contributed by atoms with Gasteiger partial charge in [0.15, 0.2) is 6.29 Å². The van der Waals surface area contributed by atoms with E-state index in [9.17, 15) is 9.59 Å². The van der Waals surface area contributed by atoms with Crippen molar-refractivity contribution in [3.8, 4) is 17.6 Å². The number of amides is 1. The number of aldehydes is 1. The van der Waals surface area contributed by atoms with Gasteiger partial charge in [0.25, 0.3) is 0 Å². The number of carbonyl (C=O) groups is 2. The van der Waals surface area contributed by atoms with Gasteiger partial charge < -0.3 is 14.8 Å². The van der Waals surface area contributed by atoms with Gasteiger partial charge in [0.1, 0.15) is 12.4 Å². The summed E-state index contributed by atoms with van der Waals surface area (Å²) in [5.74, 6) is 6.48. The standard InChI is InChI=1S/C20H19NO4/c1-24-19-11-10-18(14-22)17(13-19)9-5-6-12-21-20(23)25-15-16-7-3-2-4-8-16/h2-4,7-8,10-11,13-14H,6,12,15H2,1H3,(H,21,23). The molecule has 2 aromatic carbocycles. The molecular formula is C20H19NO4. The lowest BCUT2D eigenvalue weighted by Gasteiger charge is -2.05. The van der Waals surface area contributed by atoms with E-state index in [2.05, 4.69) is 17.2 Å². The molecule has 0 spiro atoms. The summed E-state index contributed by atoms with van der Waals surface area (Å²) in [7, 11) is 1.55. The van der Waals surface area contributed by atoms with E-state index in [0.717, 1.165) is 11.8 Å². The van der Waals surface area contributed by atoms with Crippen LogP contribution in [0.15, 0.2) is 48.5 Å². The molecule has 0 radical (unpaired) electrons. The molecular weight excluding hydrogens is 318 g/mol. The third kappa shape index (κ3) is 6.04. The number of benzene rings is 2. The first-order valence-corrected chi connectivity index (χ1v) is 7.79. The number of ether oxygens (including phenoxy) is 2. The number of rotatable bonds is 6. The molecule has 1 N–H and O–H groups in total. The second-order valence-corrected chi connectivity index (χ2v) is 5.11. The van der Waals surface area contributed by atoms with Crippen LogP contribution in [0.4, 0.5) is 4.79 Å². The van der Waals surface area contributed by atoms with Crippen LogP contribution in [0.2, 0.25) is 0 Å². The lowest BCUT2D eigenvalue weighted by atomic mass is 10.1. The Hall–Kier alpha value is -3.26. The number of carbonyl (C=O) groups excluding carboxylic acids is 2. The van der Waals surface area contributed by atoms with Crippen LogP contribution in [-0.2, 0) is 11.3 Å². The Bertz CT molecular complexity index is 775. The van der Waals surface area contributed by atoms with Crippen molar-refractivity contribution in [3.05, 3.63) is 65.2 Å². The van der Waals surface area contributed by atoms with Gasteiger partial charge in [-0.3, -0.25) is 4.79 Å². The van der Waals surface area contributed by atoms with Crippen LogP contribution < -0.4 is 10.1 Å². The zero-order valence-corrected chi connectivity index (χ0v) is 14.0. The van der Waals surface area contributed by atoms with Gasteiger partial charge in [0, 0.05) is 24.1 Å². The maximum Gasteiger partial charge on any atom is 0.407 e. The second-order valence-electron chi connectivity index (χ2n) is 5.11. The number of alkyl carbamates (subject to hydrolysis) is 1. The van der Waals surface area contributed by atoms with Crippen molar-refractivity contribution in [3.63, 3.8) is 0 Å². The van der Waals surface area contributed by atoms with Gasteiger partial charge in [-0.25, -0.2) is 4.79 Å². The molecule has 0 aromatic heterocycles. The Morgan fingerprint density at radius 1 is 1.20 bits per heavy atom. The van der Waals surface area contributed by atoms with Crippen molar-refractivity contribution in [1.82, 2.24) is 5.32 Å². The molecule has 5 heteroatoms. The Labute approximate surface area is 147 Å². The Morgan fingerprint density at radius 3 is 2.72 bits per heavy atom. The predicted octanol–water partition coefficient (Wildman–Crippen LogP) is 3.18. The van der Waals surface area contributed by atoms with Gasteiger partial charge in [-0.05, 0) is 23.8 Å². The minimum absolute atomic E-state index is 0.227. The Balaban J connectivity index is 1.77. The van der Waals surface area contributed by atoms with Crippen molar-refractivity contribution in [2.45, 2.75) is 13.0 Å². The monoisotopic (exact) mass is 337 g/mol. The summed E-state index contributed by atoms with van der Waals surface area (Å²) >= 11 is 0. The van der Waals surface area contributed by atoms with Gasteiger partial charge in [0.2, 0.25) is 0 Å². The maximum absolute atomic E-state index is 11.6. The van der Waals surface area contributed by atoms with Gasteiger partial charge in [-0.1, -0.05) is 42.2 Å². The van der Waals surface area contributed by atoms with E-state index in [4.69, 9.17) is 9.47 Å². The molecule has 1 amide bonds. The fraction of sp³-hybridized carbons (Fsp3) is 0.200. The van der Waals surface area contributed by atoms with Gasteiger partial charge >= 0.3 is 6.09 Å². The molecule has 0 aliphatic rings. The smallest absolute Gasteiger partial charge is 0.407 e. The molecule has 0 aliphatic heterocycles. The first-order chi connectivity index (χ1) is 12.2. The molecule has 0 heterocycles.